The summed E-state index contributed by atoms with van der Waals surface area (Å²) in [5.41, 5.74) is 5.94. The number of aromatic nitrogens is 1. The monoisotopic (exact) mass is 471 g/mol. The summed E-state index contributed by atoms with van der Waals surface area (Å²) >= 11 is 14.0. The van der Waals surface area contributed by atoms with Gasteiger partial charge in [-0.05, 0) is 73.9 Å². The molecule has 160 valence electrons. The number of aryl methyl sites for hydroxylation is 2. The van der Waals surface area contributed by atoms with Gasteiger partial charge in [-0.15, -0.1) is 0 Å². The van der Waals surface area contributed by atoms with Crippen LogP contribution in [0, 0.1) is 13.8 Å². The average molecular weight is 472 g/mol. The molecule has 0 saturated carbocycles. The number of hydrogen-bond acceptors (Lipinski definition) is 3. The molecule has 31 heavy (non-hydrogen) atoms. The molecule has 4 rings (SSSR count). The quantitative estimate of drug-likeness (QED) is 0.413. The Kier molecular flexibility index (Phi) is 6.37. The Bertz CT molecular complexity index is 1170. The van der Waals surface area contributed by atoms with Crippen molar-refractivity contribution in [1.29, 1.82) is 0 Å². The van der Waals surface area contributed by atoms with E-state index in [-0.39, 0.29) is 11.4 Å². The van der Waals surface area contributed by atoms with Crippen molar-refractivity contribution in [2.24, 2.45) is 0 Å². The molecule has 2 N–H and O–H groups in total. The Hall–Kier alpha value is -2.34. The van der Waals surface area contributed by atoms with Crippen molar-refractivity contribution in [3.63, 3.8) is 0 Å². The predicted molar refractivity (Wildman–Crippen MR) is 132 cm³/mol. The number of carbonyl (C=O) groups excluding carboxylic acids is 1. The lowest BCUT2D eigenvalue weighted by atomic mass is 10.1. The fraction of sp³-hybridized carbons (Fsp3) is 0.208. The number of nitrogens with one attached hydrogen (secondary N) is 2. The van der Waals surface area contributed by atoms with E-state index in [1.54, 1.807) is 6.07 Å². The first kappa shape index (κ1) is 21.9. The fourth-order valence-electron chi connectivity index (χ4n) is 3.66. The van der Waals surface area contributed by atoms with Crippen molar-refractivity contribution < 1.29 is 4.79 Å². The third-order valence-electron chi connectivity index (χ3n) is 5.30. The number of rotatable bonds is 5. The zero-order chi connectivity index (χ0) is 22.1. The molecule has 1 aliphatic rings. The van der Waals surface area contributed by atoms with E-state index in [2.05, 4.69) is 40.3 Å². The van der Waals surface area contributed by atoms with Crippen molar-refractivity contribution in [2.45, 2.75) is 32.7 Å². The van der Waals surface area contributed by atoms with Crippen molar-refractivity contribution in [2.75, 3.05) is 5.32 Å². The Morgan fingerprint density at radius 3 is 2.55 bits per heavy atom. The summed E-state index contributed by atoms with van der Waals surface area (Å²) in [4.78, 5) is 13.2. The van der Waals surface area contributed by atoms with Gasteiger partial charge in [-0.3, -0.25) is 4.79 Å². The molecule has 0 radical (unpaired) electrons. The lowest BCUT2D eigenvalue weighted by molar-refractivity contribution is -0.116. The molecule has 0 aliphatic carbocycles. The first-order chi connectivity index (χ1) is 14.9. The maximum Gasteiger partial charge on any atom is 0.260 e. The molecular formula is C24H23Cl2N3OS. The van der Waals surface area contributed by atoms with Crippen LogP contribution in [0.15, 0.2) is 53.4 Å². The van der Waals surface area contributed by atoms with Crippen LogP contribution >= 0.6 is 35.0 Å². The number of carbonyl (C=O) groups is 1. The van der Waals surface area contributed by atoms with E-state index in [4.69, 9.17) is 23.2 Å². The van der Waals surface area contributed by atoms with Crippen LogP contribution in [0.2, 0.25) is 10.0 Å². The standard InChI is InChI=1S/C24H23Cl2N3OS/c1-4-16-5-8-19(9-6-16)27-24-28-23(30)22(31-24)12-17-11-14(2)29(15(17)3)21-10-7-18(25)13-20(21)26/h5-13,24,27H,4H2,1-3H3,(H,28,30)/b22-12-/t24-/m1/s1. The van der Waals surface area contributed by atoms with Crippen LogP contribution in [0.25, 0.3) is 11.8 Å². The van der Waals surface area contributed by atoms with E-state index >= 15 is 0 Å². The second-order valence-corrected chi connectivity index (χ2v) is 9.42. The maximum absolute atomic E-state index is 12.6. The summed E-state index contributed by atoms with van der Waals surface area (Å²) in [5.74, 6) is -0.0815. The summed E-state index contributed by atoms with van der Waals surface area (Å²) in [6.45, 7) is 6.17. The third-order valence-corrected chi connectivity index (χ3v) is 6.86. The lowest BCUT2D eigenvalue weighted by Crippen LogP contribution is -2.30. The summed E-state index contributed by atoms with van der Waals surface area (Å²) in [7, 11) is 0. The van der Waals surface area contributed by atoms with Crippen molar-refractivity contribution in [3.8, 4) is 5.69 Å². The van der Waals surface area contributed by atoms with Gasteiger partial charge in [-0.1, -0.05) is 54.0 Å². The highest BCUT2D eigenvalue weighted by molar-refractivity contribution is 8.05. The van der Waals surface area contributed by atoms with Crippen LogP contribution in [0.4, 0.5) is 5.69 Å². The SMILES string of the molecule is CCc1ccc(N[C@@H]2NC(=O)/C(=C/c3cc(C)n(-c4ccc(Cl)cc4Cl)c3C)S2)cc1. The van der Waals surface area contributed by atoms with Gasteiger partial charge in [0, 0.05) is 22.1 Å². The van der Waals surface area contributed by atoms with Crippen LogP contribution in [-0.2, 0) is 11.2 Å². The van der Waals surface area contributed by atoms with E-state index in [1.165, 1.54) is 17.3 Å². The number of amides is 1. The molecule has 0 unspecified atom stereocenters. The fourth-order valence-corrected chi connectivity index (χ4v) is 5.13. The van der Waals surface area contributed by atoms with Gasteiger partial charge >= 0.3 is 0 Å². The van der Waals surface area contributed by atoms with E-state index < -0.39 is 0 Å². The molecule has 2 aromatic carbocycles. The number of halogens is 2. The van der Waals surface area contributed by atoms with Crippen LogP contribution in [-0.4, -0.2) is 16.0 Å². The van der Waals surface area contributed by atoms with Gasteiger partial charge < -0.3 is 15.2 Å². The lowest BCUT2D eigenvalue weighted by Gasteiger charge is -2.13. The highest BCUT2D eigenvalue weighted by Crippen LogP contribution is 2.33. The molecular weight excluding hydrogens is 449 g/mol. The Labute approximate surface area is 196 Å². The van der Waals surface area contributed by atoms with Crippen LogP contribution in [0.5, 0.6) is 0 Å². The first-order valence-electron chi connectivity index (χ1n) is 10.0. The average Bonchev–Trinajstić information content (AvgIpc) is 3.21. The minimum atomic E-state index is -0.208. The third kappa shape index (κ3) is 4.64. The zero-order valence-electron chi connectivity index (χ0n) is 17.5. The summed E-state index contributed by atoms with van der Waals surface area (Å²) in [6, 6.07) is 15.8. The van der Waals surface area contributed by atoms with Crippen LogP contribution in [0.3, 0.4) is 0 Å². The Morgan fingerprint density at radius 1 is 1.13 bits per heavy atom. The predicted octanol–water partition coefficient (Wildman–Crippen LogP) is 6.56. The highest BCUT2D eigenvalue weighted by atomic mass is 35.5. The molecule has 2 heterocycles. The van der Waals surface area contributed by atoms with E-state index in [0.717, 1.165) is 34.7 Å². The van der Waals surface area contributed by atoms with E-state index in [1.807, 2.05) is 44.2 Å². The molecule has 0 bridgehead atoms. The zero-order valence-corrected chi connectivity index (χ0v) is 19.8. The first-order valence-corrected chi connectivity index (χ1v) is 11.7. The van der Waals surface area contributed by atoms with Gasteiger partial charge in [-0.25, -0.2) is 0 Å². The number of benzene rings is 2. The molecule has 1 amide bonds. The largest absolute Gasteiger partial charge is 0.357 e. The van der Waals surface area contributed by atoms with Crippen molar-refractivity contribution in [3.05, 3.63) is 86.0 Å². The van der Waals surface area contributed by atoms with Gasteiger partial charge in [-0.2, -0.15) is 0 Å². The van der Waals surface area contributed by atoms with Gasteiger partial charge in [0.15, 0.2) is 5.50 Å². The summed E-state index contributed by atoms with van der Waals surface area (Å²) in [6.07, 6.45) is 2.94. The normalized spacial score (nSPS) is 17.3. The number of hydrogen-bond donors (Lipinski definition) is 2. The molecule has 1 aromatic heterocycles. The highest BCUT2D eigenvalue weighted by Gasteiger charge is 2.27. The van der Waals surface area contributed by atoms with Gasteiger partial charge in [0.25, 0.3) is 5.91 Å². The molecule has 7 heteroatoms. The topological polar surface area (TPSA) is 46.1 Å². The van der Waals surface area contributed by atoms with E-state index in [0.29, 0.717) is 15.0 Å². The molecule has 4 nitrogen and oxygen atoms in total. The summed E-state index contributed by atoms with van der Waals surface area (Å²) in [5, 5.41) is 7.54. The van der Waals surface area contributed by atoms with Gasteiger partial charge in [0.1, 0.15) is 0 Å². The van der Waals surface area contributed by atoms with Gasteiger partial charge in [0.2, 0.25) is 0 Å². The molecule has 1 saturated heterocycles. The smallest absolute Gasteiger partial charge is 0.260 e. The van der Waals surface area contributed by atoms with Gasteiger partial charge in [0.05, 0.1) is 15.6 Å². The Balaban J connectivity index is 1.56. The van der Waals surface area contributed by atoms with Crippen molar-refractivity contribution >= 4 is 52.6 Å². The van der Waals surface area contributed by atoms with E-state index in [9.17, 15) is 4.79 Å². The second-order valence-electron chi connectivity index (χ2n) is 7.43. The minimum absolute atomic E-state index is 0.0815. The molecule has 1 atom stereocenters. The number of thioether (sulfide) groups is 1. The van der Waals surface area contributed by atoms with Crippen molar-refractivity contribution in [1.82, 2.24) is 9.88 Å². The number of anilines is 1. The van der Waals surface area contributed by atoms with Crippen LogP contribution in [0.1, 0.15) is 29.4 Å². The maximum atomic E-state index is 12.6. The second kappa shape index (κ2) is 9.03. The summed E-state index contributed by atoms with van der Waals surface area (Å²) < 4.78 is 2.08. The molecule has 1 fully saturated rings. The van der Waals surface area contributed by atoms with Crippen LogP contribution < -0.4 is 10.6 Å². The minimum Gasteiger partial charge on any atom is -0.357 e. The Morgan fingerprint density at radius 2 is 1.87 bits per heavy atom. The number of nitrogens with zero attached hydrogens (tertiary/aromatic N) is 1. The molecule has 0 spiro atoms. The molecule has 1 aliphatic heterocycles. The molecule has 3 aromatic rings.